The van der Waals surface area contributed by atoms with Gasteiger partial charge in [-0.15, -0.1) is 0 Å². The molecule has 2 aromatic rings. The molecule has 0 radical (unpaired) electrons. The third kappa shape index (κ3) is 4.78. The van der Waals surface area contributed by atoms with Crippen molar-refractivity contribution in [2.24, 2.45) is 0 Å². The molecular weight excluding hydrogens is 328 g/mol. The van der Waals surface area contributed by atoms with Gasteiger partial charge in [0.2, 0.25) is 17.8 Å². The van der Waals surface area contributed by atoms with Gasteiger partial charge in [-0.3, -0.25) is 4.79 Å². The van der Waals surface area contributed by atoms with E-state index >= 15 is 0 Å². The third-order valence-corrected chi connectivity index (χ3v) is 4.09. The average molecular weight is 352 g/mol. The number of nitrogens with one attached hydrogen (secondary N) is 1. The maximum Gasteiger partial charge on any atom is 0.244 e. The zero-order valence-electron chi connectivity index (χ0n) is 15.2. The largest absolute Gasteiger partial charge is 0.347 e. The van der Waals surface area contributed by atoms with E-state index in [4.69, 9.17) is 0 Å². The van der Waals surface area contributed by atoms with Crippen molar-refractivity contribution in [3.63, 3.8) is 0 Å². The van der Waals surface area contributed by atoms with Crippen molar-refractivity contribution in [1.82, 2.24) is 20.3 Å². The van der Waals surface area contributed by atoms with Crippen LogP contribution < -0.4 is 15.1 Å². The fourth-order valence-corrected chi connectivity index (χ4v) is 2.69. The molecule has 1 aliphatic rings. The van der Waals surface area contributed by atoms with Gasteiger partial charge in [-0.1, -0.05) is 30.3 Å². The lowest BCUT2D eigenvalue weighted by Gasteiger charge is -2.18. The second-order valence-corrected chi connectivity index (χ2v) is 6.40. The van der Waals surface area contributed by atoms with E-state index in [9.17, 15) is 4.79 Å². The normalized spacial score (nSPS) is 14.0. The van der Waals surface area contributed by atoms with Crippen LogP contribution in [0.25, 0.3) is 6.08 Å². The van der Waals surface area contributed by atoms with Gasteiger partial charge < -0.3 is 15.1 Å². The maximum atomic E-state index is 12.1. The number of carbonyl (C=O) groups is 1. The average Bonchev–Trinajstić information content (AvgIpc) is 3.20. The number of nitrogens with zero attached hydrogens (tertiary/aromatic N) is 5. The SMILES string of the molecule is CN(C)c1nc(CNC(=O)/C=C/c2ccccc2)nc(N2CCCC2)n1. The van der Waals surface area contributed by atoms with E-state index in [0.29, 0.717) is 17.7 Å². The van der Waals surface area contributed by atoms with Crippen LogP contribution in [0.2, 0.25) is 0 Å². The zero-order valence-corrected chi connectivity index (χ0v) is 15.2. The van der Waals surface area contributed by atoms with Crippen molar-refractivity contribution in [3.8, 4) is 0 Å². The number of benzene rings is 1. The summed E-state index contributed by atoms with van der Waals surface area (Å²) >= 11 is 0. The van der Waals surface area contributed by atoms with Gasteiger partial charge in [0.25, 0.3) is 0 Å². The first-order valence-electron chi connectivity index (χ1n) is 8.80. The molecule has 26 heavy (non-hydrogen) atoms. The lowest BCUT2D eigenvalue weighted by molar-refractivity contribution is -0.116. The Labute approximate surface area is 153 Å². The lowest BCUT2D eigenvalue weighted by atomic mass is 10.2. The molecule has 0 saturated carbocycles. The second-order valence-electron chi connectivity index (χ2n) is 6.40. The van der Waals surface area contributed by atoms with Crippen LogP contribution in [-0.2, 0) is 11.3 Å². The van der Waals surface area contributed by atoms with Gasteiger partial charge >= 0.3 is 0 Å². The lowest BCUT2D eigenvalue weighted by Crippen LogP contribution is -2.26. The van der Waals surface area contributed by atoms with E-state index in [1.54, 1.807) is 6.08 Å². The zero-order chi connectivity index (χ0) is 18.4. The predicted octanol–water partition coefficient (Wildman–Crippen LogP) is 1.87. The molecule has 1 saturated heterocycles. The van der Waals surface area contributed by atoms with E-state index in [0.717, 1.165) is 31.5 Å². The summed E-state index contributed by atoms with van der Waals surface area (Å²) in [7, 11) is 3.79. The highest BCUT2D eigenvalue weighted by Gasteiger charge is 2.18. The summed E-state index contributed by atoms with van der Waals surface area (Å²) in [6.07, 6.45) is 5.60. The van der Waals surface area contributed by atoms with E-state index < -0.39 is 0 Å². The molecule has 136 valence electrons. The van der Waals surface area contributed by atoms with Crippen LogP contribution in [-0.4, -0.2) is 48.0 Å². The molecular formula is C19H24N6O. The van der Waals surface area contributed by atoms with Gasteiger partial charge in [0, 0.05) is 33.3 Å². The first-order chi connectivity index (χ1) is 12.6. The molecule has 2 heterocycles. The summed E-state index contributed by atoms with van der Waals surface area (Å²) in [5.74, 6) is 1.67. The number of anilines is 2. The first-order valence-corrected chi connectivity index (χ1v) is 8.80. The molecule has 7 nitrogen and oxygen atoms in total. The number of amides is 1. The van der Waals surface area contributed by atoms with E-state index in [2.05, 4.69) is 25.2 Å². The molecule has 1 N–H and O–H groups in total. The number of hydrogen-bond donors (Lipinski definition) is 1. The van der Waals surface area contributed by atoms with Gasteiger partial charge in [0.15, 0.2) is 5.82 Å². The Balaban J connectivity index is 1.66. The Morgan fingerprint density at radius 2 is 1.88 bits per heavy atom. The minimum atomic E-state index is -0.177. The summed E-state index contributed by atoms with van der Waals surface area (Å²) in [5.41, 5.74) is 0.981. The minimum Gasteiger partial charge on any atom is -0.347 e. The molecule has 0 spiro atoms. The highest BCUT2D eigenvalue weighted by atomic mass is 16.1. The first kappa shape index (κ1) is 17.8. The van der Waals surface area contributed by atoms with Crippen LogP contribution in [0.5, 0.6) is 0 Å². The Morgan fingerprint density at radius 1 is 1.15 bits per heavy atom. The van der Waals surface area contributed by atoms with Crippen LogP contribution in [0, 0.1) is 0 Å². The van der Waals surface area contributed by atoms with Gasteiger partial charge in [0.05, 0.1) is 6.54 Å². The summed E-state index contributed by atoms with van der Waals surface area (Å²) in [5, 5.41) is 2.84. The molecule has 0 aliphatic carbocycles. The van der Waals surface area contributed by atoms with Crippen LogP contribution in [0.3, 0.4) is 0 Å². The monoisotopic (exact) mass is 352 g/mol. The molecule has 0 unspecified atom stereocenters. The highest BCUT2D eigenvalue weighted by Crippen LogP contribution is 2.17. The second kappa shape index (κ2) is 8.42. The van der Waals surface area contributed by atoms with Crippen LogP contribution in [0.1, 0.15) is 24.2 Å². The molecule has 1 aliphatic heterocycles. The molecule has 7 heteroatoms. The summed E-state index contributed by atoms with van der Waals surface area (Å²) in [4.78, 5) is 29.6. The molecule has 1 fully saturated rings. The van der Waals surface area contributed by atoms with Gasteiger partial charge in [-0.2, -0.15) is 15.0 Å². The topological polar surface area (TPSA) is 74.2 Å². The smallest absolute Gasteiger partial charge is 0.244 e. The fourth-order valence-electron chi connectivity index (χ4n) is 2.69. The van der Waals surface area contributed by atoms with Gasteiger partial charge in [-0.25, -0.2) is 0 Å². The van der Waals surface area contributed by atoms with Crippen LogP contribution >= 0.6 is 0 Å². The van der Waals surface area contributed by atoms with E-state index in [1.165, 1.54) is 6.08 Å². The molecule has 1 aromatic heterocycles. The summed E-state index contributed by atoms with van der Waals surface area (Å²) in [6, 6.07) is 9.71. The quantitative estimate of drug-likeness (QED) is 0.800. The van der Waals surface area contributed by atoms with Crippen molar-refractivity contribution in [3.05, 3.63) is 47.8 Å². The number of rotatable bonds is 6. The predicted molar refractivity (Wildman–Crippen MR) is 103 cm³/mol. The molecule has 0 atom stereocenters. The van der Waals surface area contributed by atoms with Gasteiger partial charge in [-0.05, 0) is 24.5 Å². The van der Waals surface area contributed by atoms with Crippen molar-refractivity contribution in [2.45, 2.75) is 19.4 Å². The van der Waals surface area contributed by atoms with Crippen molar-refractivity contribution < 1.29 is 4.79 Å². The maximum absolute atomic E-state index is 12.1. The Kier molecular flexibility index (Phi) is 5.78. The van der Waals surface area contributed by atoms with Gasteiger partial charge in [0.1, 0.15) is 0 Å². The van der Waals surface area contributed by atoms with Crippen molar-refractivity contribution in [2.75, 3.05) is 37.0 Å². The van der Waals surface area contributed by atoms with E-state index in [-0.39, 0.29) is 12.5 Å². The third-order valence-electron chi connectivity index (χ3n) is 4.09. The minimum absolute atomic E-state index is 0.177. The van der Waals surface area contributed by atoms with E-state index in [1.807, 2.05) is 49.3 Å². The Hall–Kier alpha value is -2.96. The standard InChI is InChI=1S/C19H24N6O/c1-24(2)18-21-16(22-19(23-18)25-12-6-7-13-25)14-20-17(26)11-10-15-8-4-3-5-9-15/h3-5,8-11H,6-7,12-14H2,1-2H3,(H,20,26)/b11-10+. The van der Waals surface area contributed by atoms with Crippen LogP contribution in [0.15, 0.2) is 36.4 Å². The number of carbonyl (C=O) groups excluding carboxylic acids is 1. The Bertz CT molecular complexity index is 769. The highest BCUT2D eigenvalue weighted by molar-refractivity contribution is 5.91. The Morgan fingerprint density at radius 3 is 2.58 bits per heavy atom. The molecule has 1 aromatic carbocycles. The molecule has 3 rings (SSSR count). The molecule has 1 amide bonds. The number of aromatic nitrogens is 3. The molecule has 0 bridgehead atoms. The summed E-state index contributed by atoms with van der Waals surface area (Å²) < 4.78 is 0. The van der Waals surface area contributed by atoms with Crippen molar-refractivity contribution in [1.29, 1.82) is 0 Å². The van der Waals surface area contributed by atoms with Crippen molar-refractivity contribution >= 4 is 23.9 Å². The number of hydrogen-bond acceptors (Lipinski definition) is 6. The van der Waals surface area contributed by atoms with Crippen LogP contribution in [0.4, 0.5) is 11.9 Å². The summed E-state index contributed by atoms with van der Waals surface area (Å²) in [6.45, 7) is 2.19. The fraction of sp³-hybridized carbons (Fsp3) is 0.368.